The smallest absolute Gasteiger partial charge is 0.280 e. The first-order valence-electron chi connectivity index (χ1n) is 5.69. The minimum absolute atomic E-state index is 0.00358. The van der Waals surface area contributed by atoms with E-state index in [4.69, 9.17) is 11.6 Å². The van der Waals surface area contributed by atoms with Gasteiger partial charge < -0.3 is 5.11 Å². The molecule has 0 radical (unpaired) electrons. The van der Waals surface area contributed by atoms with Crippen LogP contribution in [-0.2, 0) is 16.6 Å². The molecule has 0 unspecified atom stereocenters. The first kappa shape index (κ1) is 15.2. The lowest BCUT2D eigenvalue weighted by Gasteiger charge is -2.11. The molecule has 2 N–H and O–H groups in total. The molecular formula is C12H13ClN2O3S2. The predicted molar refractivity (Wildman–Crippen MR) is 79.8 cm³/mol. The van der Waals surface area contributed by atoms with Crippen LogP contribution in [0.4, 0.5) is 5.69 Å². The van der Waals surface area contributed by atoms with E-state index in [0.29, 0.717) is 20.5 Å². The highest BCUT2D eigenvalue weighted by molar-refractivity contribution is 7.92. The number of hydrogen-bond acceptors (Lipinski definition) is 5. The summed E-state index contributed by atoms with van der Waals surface area (Å²) in [6.07, 6.45) is 0. The molecule has 0 aliphatic heterocycles. The molecule has 108 valence electrons. The summed E-state index contributed by atoms with van der Waals surface area (Å²) in [6.45, 7) is 3.16. The van der Waals surface area contributed by atoms with E-state index in [1.807, 2.05) is 0 Å². The predicted octanol–water partition coefficient (Wildman–Crippen LogP) is 2.71. The van der Waals surface area contributed by atoms with Gasteiger partial charge in [-0.15, -0.1) is 11.3 Å². The third kappa shape index (κ3) is 3.12. The van der Waals surface area contributed by atoms with Crippen molar-refractivity contribution in [3.8, 4) is 0 Å². The number of aryl methyl sites for hydroxylation is 2. The molecule has 0 atom stereocenters. The van der Waals surface area contributed by atoms with Gasteiger partial charge in [-0.2, -0.15) is 8.42 Å². The van der Waals surface area contributed by atoms with Crippen molar-refractivity contribution < 1.29 is 13.5 Å². The molecule has 5 nitrogen and oxygen atoms in total. The Morgan fingerprint density at radius 2 is 2.10 bits per heavy atom. The Labute approximate surface area is 126 Å². The topological polar surface area (TPSA) is 79.3 Å². The number of nitrogens with zero attached hydrogens (tertiary/aromatic N) is 1. The molecule has 8 heteroatoms. The second-order valence-electron chi connectivity index (χ2n) is 4.16. The quantitative estimate of drug-likeness (QED) is 0.902. The first-order valence-corrected chi connectivity index (χ1v) is 8.37. The van der Waals surface area contributed by atoms with Crippen LogP contribution in [-0.4, -0.2) is 18.5 Å². The van der Waals surface area contributed by atoms with Crippen LogP contribution in [0, 0.1) is 13.8 Å². The lowest BCUT2D eigenvalue weighted by Crippen LogP contribution is -2.15. The zero-order chi connectivity index (χ0) is 14.9. The van der Waals surface area contributed by atoms with Crippen LogP contribution in [0.25, 0.3) is 0 Å². The molecule has 0 aliphatic rings. The van der Waals surface area contributed by atoms with Gasteiger partial charge in [-0.3, -0.25) is 4.72 Å². The maximum Gasteiger partial charge on any atom is 0.280 e. The summed E-state index contributed by atoms with van der Waals surface area (Å²) in [6, 6.07) is 4.61. The molecule has 0 amide bonds. The molecule has 0 saturated heterocycles. The summed E-state index contributed by atoms with van der Waals surface area (Å²) >= 11 is 7.17. The summed E-state index contributed by atoms with van der Waals surface area (Å²) in [4.78, 5) is 4.64. The summed E-state index contributed by atoms with van der Waals surface area (Å²) in [7, 11) is -3.79. The number of aliphatic hydroxyl groups excluding tert-OH is 1. The third-order valence-electron chi connectivity index (χ3n) is 2.60. The van der Waals surface area contributed by atoms with Gasteiger partial charge in [0.05, 0.1) is 17.3 Å². The van der Waals surface area contributed by atoms with Crippen LogP contribution < -0.4 is 4.72 Å². The molecule has 1 aromatic carbocycles. The van der Waals surface area contributed by atoms with Gasteiger partial charge in [0.25, 0.3) is 10.0 Å². The third-order valence-corrected chi connectivity index (χ3v) is 5.25. The summed E-state index contributed by atoms with van der Waals surface area (Å²) < 4.78 is 27.1. The molecule has 0 spiro atoms. The molecule has 20 heavy (non-hydrogen) atoms. The van der Waals surface area contributed by atoms with Crippen LogP contribution in [0.5, 0.6) is 0 Å². The monoisotopic (exact) mass is 332 g/mol. The van der Waals surface area contributed by atoms with E-state index in [-0.39, 0.29) is 17.3 Å². The van der Waals surface area contributed by atoms with Crippen LogP contribution in [0.15, 0.2) is 23.2 Å². The molecule has 0 aliphatic carbocycles. The van der Waals surface area contributed by atoms with Crippen LogP contribution >= 0.6 is 22.9 Å². The number of aliphatic hydroxyl groups is 1. The zero-order valence-corrected chi connectivity index (χ0v) is 13.2. The van der Waals surface area contributed by atoms with Crippen molar-refractivity contribution in [3.63, 3.8) is 0 Å². The number of halogens is 1. The molecule has 1 heterocycles. The zero-order valence-electron chi connectivity index (χ0n) is 10.8. The van der Waals surface area contributed by atoms with E-state index in [1.54, 1.807) is 26.0 Å². The number of aromatic nitrogens is 1. The minimum Gasteiger partial charge on any atom is -0.392 e. The van der Waals surface area contributed by atoms with E-state index >= 15 is 0 Å². The molecule has 2 rings (SSSR count). The maximum atomic E-state index is 12.3. The van der Waals surface area contributed by atoms with Crippen LogP contribution in [0.3, 0.4) is 0 Å². The first-order chi connectivity index (χ1) is 9.33. The number of rotatable bonds is 4. The Morgan fingerprint density at radius 1 is 1.40 bits per heavy atom. The standard InChI is InChI=1S/C12H13ClN2O3S2/c1-7-12(14-8(2)19-7)20(17,18)15-11-5-10(13)4-3-9(11)6-16/h3-5,15-16H,6H2,1-2H3. The van der Waals surface area contributed by atoms with E-state index in [1.165, 1.54) is 17.4 Å². The van der Waals surface area contributed by atoms with Gasteiger partial charge in [0.2, 0.25) is 0 Å². The normalized spacial score (nSPS) is 11.6. The van der Waals surface area contributed by atoms with Crippen molar-refractivity contribution in [2.75, 3.05) is 4.72 Å². The SMILES string of the molecule is Cc1nc(S(=O)(=O)Nc2cc(Cl)ccc2CO)c(C)s1. The van der Waals surface area contributed by atoms with E-state index in [0.717, 1.165) is 0 Å². The number of benzene rings is 1. The summed E-state index contributed by atoms with van der Waals surface area (Å²) in [5, 5.41) is 10.3. The number of anilines is 1. The number of sulfonamides is 1. The van der Waals surface area contributed by atoms with Crippen molar-refractivity contribution in [3.05, 3.63) is 38.7 Å². The van der Waals surface area contributed by atoms with Gasteiger partial charge in [-0.1, -0.05) is 17.7 Å². The highest BCUT2D eigenvalue weighted by Crippen LogP contribution is 2.26. The Balaban J connectivity index is 2.43. The van der Waals surface area contributed by atoms with Crippen molar-refractivity contribution in [1.29, 1.82) is 0 Å². The fourth-order valence-electron chi connectivity index (χ4n) is 1.73. The summed E-state index contributed by atoms with van der Waals surface area (Å²) in [5.74, 6) is 0. The molecule has 1 aromatic heterocycles. The fourth-order valence-corrected chi connectivity index (χ4v) is 4.34. The lowest BCUT2D eigenvalue weighted by atomic mass is 10.2. The van der Waals surface area contributed by atoms with E-state index in [2.05, 4.69) is 9.71 Å². The average Bonchev–Trinajstić information content (AvgIpc) is 2.69. The molecule has 0 bridgehead atoms. The highest BCUT2D eigenvalue weighted by atomic mass is 35.5. The van der Waals surface area contributed by atoms with Gasteiger partial charge in [-0.05, 0) is 26.0 Å². The van der Waals surface area contributed by atoms with Crippen molar-refractivity contribution >= 4 is 38.6 Å². The van der Waals surface area contributed by atoms with Crippen LogP contribution in [0.2, 0.25) is 5.02 Å². The fraction of sp³-hybridized carbons (Fsp3) is 0.250. The van der Waals surface area contributed by atoms with E-state index < -0.39 is 10.0 Å². The van der Waals surface area contributed by atoms with E-state index in [9.17, 15) is 13.5 Å². The average molecular weight is 333 g/mol. The Hall–Kier alpha value is -1.15. The van der Waals surface area contributed by atoms with Crippen molar-refractivity contribution in [1.82, 2.24) is 4.98 Å². The Kier molecular flexibility index (Phi) is 4.33. The van der Waals surface area contributed by atoms with Gasteiger partial charge in [-0.25, -0.2) is 4.98 Å². The van der Waals surface area contributed by atoms with Gasteiger partial charge in [0.1, 0.15) is 0 Å². The number of thiazole rings is 1. The maximum absolute atomic E-state index is 12.3. The second-order valence-corrected chi connectivity index (χ2v) is 7.60. The van der Waals surface area contributed by atoms with Crippen molar-refractivity contribution in [2.45, 2.75) is 25.5 Å². The lowest BCUT2D eigenvalue weighted by molar-refractivity contribution is 0.282. The van der Waals surface area contributed by atoms with Crippen molar-refractivity contribution in [2.24, 2.45) is 0 Å². The van der Waals surface area contributed by atoms with Crippen LogP contribution in [0.1, 0.15) is 15.4 Å². The molecular weight excluding hydrogens is 320 g/mol. The van der Waals surface area contributed by atoms with Gasteiger partial charge in [0.15, 0.2) is 5.03 Å². The van der Waals surface area contributed by atoms with Gasteiger partial charge >= 0.3 is 0 Å². The molecule has 2 aromatic rings. The second kappa shape index (κ2) is 5.69. The Morgan fingerprint density at radius 3 is 2.65 bits per heavy atom. The molecule has 0 fully saturated rings. The molecule has 0 saturated carbocycles. The minimum atomic E-state index is -3.79. The number of nitrogens with one attached hydrogen (secondary N) is 1. The Bertz CT molecular complexity index is 741. The number of hydrogen-bond donors (Lipinski definition) is 2. The largest absolute Gasteiger partial charge is 0.392 e. The summed E-state index contributed by atoms with van der Waals surface area (Å²) in [5.41, 5.74) is 0.702. The van der Waals surface area contributed by atoms with Gasteiger partial charge in [0, 0.05) is 15.5 Å². The highest BCUT2D eigenvalue weighted by Gasteiger charge is 2.22.